The van der Waals surface area contributed by atoms with Crippen LogP contribution >= 0.6 is 23.2 Å². The maximum Gasteiger partial charge on any atom is 0.264 e. The third-order valence-electron chi connectivity index (χ3n) is 4.28. The maximum absolute atomic E-state index is 13.3. The van der Waals surface area contributed by atoms with Gasteiger partial charge in [0.15, 0.2) is 0 Å². The summed E-state index contributed by atoms with van der Waals surface area (Å²) in [7, 11) is -4.02. The minimum Gasteiger partial charge on any atom is -0.494 e. The van der Waals surface area contributed by atoms with Crippen LogP contribution in [0.5, 0.6) is 5.75 Å². The molecule has 0 heterocycles. The van der Waals surface area contributed by atoms with Crippen LogP contribution in [0.4, 0.5) is 11.4 Å². The van der Waals surface area contributed by atoms with Crippen molar-refractivity contribution in [2.24, 2.45) is 0 Å². The molecule has 1 amide bonds. The molecule has 0 atom stereocenters. The van der Waals surface area contributed by atoms with Crippen LogP contribution in [-0.2, 0) is 14.8 Å². The standard InChI is InChI=1S/C22H20Cl2N2O4S/c1-2-30-17-13-11-16(12-14-17)26(31(28,29)18-7-4-3-5-8-18)15-21(27)25-22-19(23)9-6-10-20(22)24/h3-14H,2,15H2,1H3,(H,25,27). The highest BCUT2D eigenvalue weighted by Crippen LogP contribution is 2.30. The van der Waals surface area contributed by atoms with E-state index >= 15 is 0 Å². The molecule has 3 aromatic carbocycles. The molecule has 31 heavy (non-hydrogen) atoms. The van der Waals surface area contributed by atoms with Gasteiger partial charge in [-0.3, -0.25) is 9.10 Å². The molecule has 0 radical (unpaired) electrons. The Hall–Kier alpha value is -2.74. The summed E-state index contributed by atoms with van der Waals surface area (Å²) in [6.07, 6.45) is 0. The van der Waals surface area contributed by atoms with E-state index in [0.29, 0.717) is 18.0 Å². The summed E-state index contributed by atoms with van der Waals surface area (Å²) in [6, 6.07) is 19.2. The van der Waals surface area contributed by atoms with Crippen molar-refractivity contribution in [3.8, 4) is 5.75 Å². The lowest BCUT2D eigenvalue weighted by Crippen LogP contribution is -2.38. The van der Waals surface area contributed by atoms with E-state index in [2.05, 4.69) is 5.32 Å². The number of ether oxygens (including phenoxy) is 1. The van der Waals surface area contributed by atoms with E-state index in [0.717, 1.165) is 4.31 Å². The fourth-order valence-corrected chi connectivity index (χ4v) is 4.77. The van der Waals surface area contributed by atoms with Crippen LogP contribution in [0.2, 0.25) is 10.0 Å². The number of benzene rings is 3. The maximum atomic E-state index is 13.3. The first-order chi connectivity index (χ1) is 14.8. The Labute approximate surface area is 191 Å². The number of carbonyl (C=O) groups excluding carboxylic acids is 1. The molecule has 0 fully saturated rings. The van der Waals surface area contributed by atoms with E-state index < -0.39 is 22.5 Å². The number of hydrogen-bond donors (Lipinski definition) is 1. The first kappa shape index (κ1) is 22.9. The van der Waals surface area contributed by atoms with Crippen molar-refractivity contribution in [2.45, 2.75) is 11.8 Å². The van der Waals surface area contributed by atoms with Gasteiger partial charge < -0.3 is 10.1 Å². The Morgan fingerprint density at radius 3 is 2.13 bits per heavy atom. The average Bonchev–Trinajstić information content (AvgIpc) is 2.76. The summed E-state index contributed by atoms with van der Waals surface area (Å²) < 4.78 is 33.1. The van der Waals surface area contributed by atoms with Gasteiger partial charge in [-0.15, -0.1) is 0 Å². The van der Waals surface area contributed by atoms with Crippen LogP contribution in [0.25, 0.3) is 0 Å². The Balaban J connectivity index is 1.95. The van der Waals surface area contributed by atoms with Crippen molar-refractivity contribution in [1.82, 2.24) is 0 Å². The van der Waals surface area contributed by atoms with Crippen LogP contribution in [0.15, 0.2) is 77.7 Å². The van der Waals surface area contributed by atoms with Gasteiger partial charge in [-0.25, -0.2) is 8.42 Å². The third-order valence-corrected chi connectivity index (χ3v) is 6.70. The minimum atomic E-state index is -4.02. The number of rotatable bonds is 8. The molecule has 3 rings (SSSR count). The van der Waals surface area contributed by atoms with Crippen LogP contribution in [-0.4, -0.2) is 27.5 Å². The summed E-state index contributed by atoms with van der Waals surface area (Å²) in [5.41, 5.74) is 0.535. The zero-order valence-corrected chi connectivity index (χ0v) is 18.9. The number of halogens is 2. The molecule has 0 bridgehead atoms. The summed E-state index contributed by atoms with van der Waals surface area (Å²) in [4.78, 5) is 12.9. The molecule has 0 aromatic heterocycles. The lowest BCUT2D eigenvalue weighted by Gasteiger charge is -2.24. The number of nitrogens with one attached hydrogen (secondary N) is 1. The van der Waals surface area contributed by atoms with Crippen LogP contribution in [0.3, 0.4) is 0 Å². The van der Waals surface area contributed by atoms with Crippen LogP contribution < -0.4 is 14.4 Å². The predicted octanol–water partition coefficient (Wildman–Crippen LogP) is 5.23. The summed E-state index contributed by atoms with van der Waals surface area (Å²) in [6.45, 7) is 1.85. The number of amides is 1. The predicted molar refractivity (Wildman–Crippen MR) is 124 cm³/mol. The molecule has 0 aliphatic carbocycles. The van der Waals surface area contributed by atoms with E-state index in [4.69, 9.17) is 27.9 Å². The van der Waals surface area contributed by atoms with E-state index in [1.165, 1.54) is 12.1 Å². The van der Waals surface area contributed by atoms with E-state index in [9.17, 15) is 13.2 Å². The highest BCUT2D eigenvalue weighted by Gasteiger charge is 2.27. The largest absolute Gasteiger partial charge is 0.494 e. The summed E-state index contributed by atoms with van der Waals surface area (Å²) in [5.74, 6) is -0.000925. The van der Waals surface area contributed by atoms with Gasteiger partial charge in [-0.05, 0) is 55.5 Å². The molecule has 0 aliphatic heterocycles. The molecule has 0 aliphatic rings. The van der Waals surface area contributed by atoms with Gasteiger partial charge in [-0.2, -0.15) is 0 Å². The molecule has 0 unspecified atom stereocenters. The van der Waals surface area contributed by atoms with Crippen molar-refractivity contribution in [2.75, 3.05) is 22.8 Å². The lowest BCUT2D eigenvalue weighted by atomic mass is 10.3. The van der Waals surface area contributed by atoms with Crippen molar-refractivity contribution in [1.29, 1.82) is 0 Å². The smallest absolute Gasteiger partial charge is 0.264 e. The first-order valence-corrected chi connectivity index (χ1v) is 11.6. The first-order valence-electron chi connectivity index (χ1n) is 9.37. The number of sulfonamides is 1. The number of para-hydroxylation sites is 1. The number of anilines is 2. The normalized spacial score (nSPS) is 11.1. The average molecular weight is 479 g/mol. The second-order valence-corrected chi connectivity index (χ2v) is 9.07. The van der Waals surface area contributed by atoms with Gasteiger partial charge in [0.25, 0.3) is 10.0 Å². The third kappa shape index (κ3) is 5.50. The monoisotopic (exact) mass is 478 g/mol. The second-order valence-electron chi connectivity index (χ2n) is 6.40. The number of nitrogens with zero attached hydrogens (tertiary/aromatic N) is 1. The number of carbonyl (C=O) groups is 1. The molecule has 6 nitrogen and oxygen atoms in total. The quantitative estimate of drug-likeness (QED) is 0.480. The van der Waals surface area contributed by atoms with E-state index in [-0.39, 0.29) is 20.6 Å². The van der Waals surface area contributed by atoms with Crippen molar-refractivity contribution < 1.29 is 17.9 Å². The topological polar surface area (TPSA) is 75.7 Å². The Morgan fingerprint density at radius 2 is 1.55 bits per heavy atom. The second kappa shape index (κ2) is 10.0. The molecule has 0 saturated heterocycles. The van der Waals surface area contributed by atoms with Gasteiger partial charge >= 0.3 is 0 Å². The van der Waals surface area contributed by atoms with Gasteiger partial charge in [0.2, 0.25) is 5.91 Å². The van der Waals surface area contributed by atoms with Gasteiger partial charge in [0, 0.05) is 0 Å². The molecule has 9 heteroatoms. The van der Waals surface area contributed by atoms with Crippen molar-refractivity contribution >= 4 is 50.5 Å². The van der Waals surface area contributed by atoms with Crippen LogP contribution in [0.1, 0.15) is 6.92 Å². The SMILES string of the molecule is CCOc1ccc(N(CC(=O)Nc2c(Cl)cccc2Cl)S(=O)(=O)c2ccccc2)cc1. The Bertz CT molecular complexity index is 1130. The van der Waals surface area contributed by atoms with E-state index in [1.807, 2.05) is 6.92 Å². The highest BCUT2D eigenvalue weighted by atomic mass is 35.5. The molecule has 0 spiro atoms. The van der Waals surface area contributed by atoms with Crippen molar-refractivity contribution in [3.63, 3.8) is 0 Å². The van der Waals surface area contributed by atoms with Gasteiger partial charge in [0.1, 0.15) is 12.3 Å². The fraction of sp³-hybridized carbons (Fsp3) is 0.136. The van der Waals surface area contributed by atoms with Crippen molar-refractivity contribution in [3.05, 3.63) is 82.8 Å². The van der Waals surface area contributed by atoms with Crippen LogP contribution in [0, 0.1) is 0 Å². The Morgan fingerprint density at radius 1 is 0.935 bits per heavy atom. The molecular formula is C22H20Cl2N2O4S. The van der Waals surface area contributed by atoms with E-state index in [1.54, 1.807) is 60.7 Å². The zero-order chi connectivity index (χ0) is 22.4. The van der Waals surface area contributed by atoms with Gasteiger partial charge in [-0.1, -0.05) is 47.5 Å². The molecular weight excluding hydrogens is 459 g/mol. The zero-order valence-electron chi connectivity index (χ0n) is 16.6. The summed E-state index contributed by atoms with van der Waals surface area (Å²) in [5, 5.41) is 3.10. The number of hydrogen-bond acceptors (Lipinski definition) is 4. The van der Waals surface area contributed by atoms with Gasteiger partial charge in [0.05, 0.1) is 32.9 Å². The summed E-state index contributed by atoms with van der Waals surface area (Å²) >= 11 is 12.2. The fourth-order valence-electron chi connectivity index (χ4n) is 2.84. The molecule has 3 aromatic rings. The molecule has 1 N–H and O–H groups in total. The molecule has 0 saturated carbocycles. The highest BCUT2D eigenvalue weighted by molar-refractivity contribution is 7.92. The molecule has 162 valence electrons. The minimum absolute atomic E-state index is 0.0625. The Kier molecular flexibility index (Phi) is 7.43. The lowest BCUT2D eigenvalue weighted by molar-refractivity contribution is -0.114.